The Balaban J connectivity index is 1.57. The van der Waals surface area contributed by atoms with Crippen LogP contribution in [0.5, 0.6) is 11.5 Å². The molecule has 0 aliphatic heterocycles. The van der Waals surface area contributed by atoms with Crippen LogP contribution in [-0.4, -0.2) is 67.4 Å². The fourth-order valence-corrected chi connectivity index (χ4v) is 4.41. The average Bonchev–Trinajstić information content (AvgIpc) is 3.10. The Morgan fingerprint density at radius 2 is 1.09 bits per heavy atom. The summed E-state index contributed by atoms with van der Waals surface area (Å²) in [4.78, 5) is 4.80. The molecule has 0 heterocycles. The fraction of sp³-hybridized carbons (Fsp3) is 0.556. The molecule has 32 heavy (non-hydrogen) atoms. The maximum absolute atomic E-state index is 11.0. The highest BCUT2D eigenvalue weighted by Gasteiger charge is 2.28. The Kier molecular flexibility index (Phi) is 9.39. The van der Waals surface area contributed by atoms with Crippen LogP contribution in [0.1, 0.15) is 57.8 Å². The second kappa shape index (κ2) is 12.2. The molecule has 2 aromatic carbocycles. The van der Waals surface area contributed by atoms with Gasteiger partial charge in [0.1, 0.15) is 17.6 Å². The third kappa shape index (κ3) is 6.03. The summed E-state index contributed by atoms with van der Waals surface area (Å²) in [6.45, 7) is 16.5. The highest BCUT2D eigenvalue weighted by molar-refractivity contribution is 5.79. The number of nitrogens with zero attached hydrogens (tertiary/aromatic N) is 2. The first-order valence-corrected chi connectivity index (χ1v) is 12.3. The van der Waals surface area contributed by atoms with E-state index in [4.69, 9.17) is 9.47 Å². The summed E-state index contributed by atoms with van der Waals surface area (Å²) in [5, 5.41) is 11.0. The molecule has 0 unspecified atom stereocenters. The van der Waals surface area contributed by atoms with E-state index >= 15 is 0 Å². The van der Waals surface area contributed by atoms with Crippen molar-refractivity contribution in [1.82, 2.24) is 9.80 Å². The van der Waals surface area contributed by atoms with E-state index in [9.17, 15) is 5.11 Å². The number of rotatable bonds is 14. The summed E-state index contributed by atoms with van der Waals surface area (Å²) in [6.07, 6.45) is 1.35. The lowest BCUT2D eigenvalue weighted by atomic mass is 10.1. The van der Waals surface area contributed by atoms with Crippen LogP contribution in [0.25, 0.3) is 11.1 Å². The van der Waals surface area contributed by atoms with Crippen LogP contribution in [0.2, 0.25) is 0 Å². The molecule has 0 spiro atoms. The third-order valence-corrected chi connectivity index (χ3v) is 6.49. The Labute approximate surface area is 193 Å². The number of benzene rings is 2. The van der Waals surface area contributed by atoms with Crippen LogP contribution in [0.3, 0.4) is 0 Å². The van der Waals surface area contributed by atoms with Gasteiger partial charge in [-0.15, -0.1) is 0 Å². The van der Waals surface area contributed by atoms with Crippen molar-refractivity contribution in [3.05, 3.63) is 47.5 Å². The first-order valence-electron chi connectivity index (χ1n) is 12.3. The summed E-state index contributed by atoms with van der Waals surface area (Å²) in [7, 11) is 0. The van der Waals surface area contributed by atoms with E-state index in [0.29, 0.717) is 13.2 Å². The maximum Gasteiger partial charge on any atom is 0.119 e. The quantitative estimate of drug-likeness (QED) is 0.420. The zero-order valence-corrected chi connectivity index (χ0v) is 20.3. The molecule has 1 aliphatic carbocycles. The predicted octanol–water partition coefficient (Wildman–Crippen LogP) is 4.97. The van der Waals surface area contributed by atoms with Gasteiger partial charge in [-0.05, 0) is 85.5 Å². The molecule has 0 amide bonds. The van der Waals surface area contributed by atoms with Crippen molar-refractivity contribution in [3.63, 3.8) is 0 Å². The number of aliphatic hydroxyl groups excluding tert-OH is 1. The van der Waals surface area contributed by atoms with Crippen molar-refractivity contribution in [3.8, 4) is 22.6 Å². The van der Waals surface area contributed by atoms with Gasteiger partial charge >= 0.3 is 0 Å². The van der Waals surface area contributed by atoms with E-state index in [1.165, 1.54) is 0 Å². The van der Waals surface area contributed by atoms with Gasteiger partial charge in [-0.25, -0.2) is 0 Å². The zero-order chi connectivity index (χ0) is 22.9. The van der Waals surface area contributed by atoms with E-state index in [1.54, 1.807) is 0 Å². The molecule has 0 saturated carbocycles. The summed E-state index contributed by atoms with van der Waals surface area (Å²) >= 11 is 0. The molecule has 5 heteroatoms. The lowest BCUT2D eigenvalue weighted by Gasteiger charge is -2.18. The molecule has 0 saturated heterocycles. The topological polar surface area (TPSA) is 45.2 Å². The first-order chi connectivity index (χ1) is 15.6. The van der Waals surface area contributed by atoms with Crippen molar-refractivity contribution in [2.45, 2.75) is 46.6 Å². The van der Waals surface area contributed by atoms with Crippen LogP contribution >= 0.6 is 0 Å². The molecule has 0 bridgehead atoms. The minimum atomic E-state index is -0.640. The Hall–Kier alpha value is -2.08. The van der Waals surface area contributed by atoms with Crippen LogP contribution in [0.4, 0.5) is 0 Å². The molecule has 0 aromatic heterocycles. The standard InChI is InChI=1S/C27H40N2O3/c1-5-28(6-2)15-9-17-31-21-11-13-23-24-14-12-22(20-26(24)27(30)25(23)19-21)32-18-10-16-29(7-3)8-4/h11-14,19-20,27,30H,5-10,15-18H2,1-4H3. The van der Waals surface area contributed by atoms with Gasteiger partial charge in [0.15, 0.2) is 0 Å². The lowest BCUT2D eigenvalue weighted by molar-refractivity contribution is 0.221. The van der Waals surface area contributed by atoms with Crippen LogP contribution in [0.15, 0.2) is 36.4 Å². The smallest absolute Gasteiger partial charge is 0.119 e. The first kappa shape index (κ1) is 24.6. The molecule has 3 rings (SSSR count). The van der Waals surface area contributed by atoms with Crippen molar-refractivity contribution < 1.29 is 14.6 Å². The molecular formula is C27H40N2O3. The number of hydrogen-bond acceptors (Lipinski definition) is 5. The molecule has 1 N–H and O–H groups in total. The van der Waals surface area contributed by atoms with Gasteiger partial charge < -0.3 is 24.4 Å². The van der Waals surface area contributed by atoms with Gasteiger partial charge in [-0.3, -0.25) is 0 Å². The van der Waals surface area contributed by atoms with Gasteiger partial charge in [0.25, 0.3) is 0 Å². The Bertz CT molecular complexity index is 777. The van der Waals surface area contributed by atoms with Crippen LogP contribution in [-0.2, 0) is 0 Å². The summed E-state index contributed by atoms with van der Waals surface area (Å²) in [5.41, 5.74) is 3.99. The monoisotopic (exact) mass is 440 g/mol. The molecule has 5 nitrogen and oxygen atoms in total. The number of hydrogen-bond donors (Lipinski definition) is 1. The largest absolute Gasteiger partial charge is 0.494 e. The number of ether oxygens (including phenoxy) is 2. The highest BCUT2D eigenvalue weighted by Crippen LogP contribution is 2.45. The second-order valence-corrected chi connectivity index (χ2v) is 8.36. The van der Waals surface area contributed by atoms with Crippen molar-refractivity contribution in [2.75, 3.05) is 52.5 Å². The van der Waals surface area contributed by atoms with Crippen molar-refractivity contribution >= 4 is 0 Å². The zero-order valence-electron chi connectivity index (χ0n) is 20.3. The molecule has 2 aromatic rings. The minimum Gasteiger partial charge on any atom is -0.494 e. The van der Waals surface area contributed by atoms with Gasteiger partial charge in [-0.2, -0.15) is 0 Å². The lowest BCUT2D eigenvalue weighted by Crippen LogP contribution is -2.25. The maximum atomic E-state index is 11.0. The summed E-state index contributed by atoms with van der Waals surface area (Å²) in [6, 6.07) is 12.1. The van der Waals surface area contributed by atoms with Crippen LogP contribution < -0.4 is 9.47 Å². The van der Waals surface area contributed by atoms with Gasteiger partial charge in [0.2, 0.25) is 0 Å². The van der Waals surface area contributed by atoms with Gasteiger partial charge in [0, 0.05) is 13.1 Å². The normalized spacial score (nSPS) is 13.0. The fourth-order valence-electron chi connectivity index (χ4n) is 4.41. The van der Waals surface area contributed by atoms with E-state index < -0.39 is 6.10 Å². The third-order valence-electron chi connectivity index (χ3n) is 6.49. The molecule has 176 valence electrons. The van der Waals surface area contributed by atoms with E-state index in [1.807, 2.05) is 24.3 Å². The minimum absolute atomic E-state index is 0.640. The molecule has 1 aliphatic rings. The highest BCUT2D eigenvalue weighted by atomic mass is 16.5. The Morgan fingerprint density at radius 3 is 1.47 bits per heavy atom. The van der Waals surface area contributed by atoms with Crippen molar-refractivity contribution in [2.24, 2.45) is 0 Å². The van der Waals surface area contributed by atoms with E-state index in [-0.39, 0.29) is 0 Å². The average molecular weight is 441 g/mol. The number of aliphatic hydroxyl groups is 1. The van der Waals surface area contributed by atoms with Gasteiger partial charge in [0.05, 0.1) is 13.2 Å². The molecule has 0 radical (unpaired) electrons. The number of fused-ring (bicyclic) bond motifs is 3. The molecule has 0 atom stereocenters. The SMILES string of the molecule is CCN(CC)CCCOc1ccc2c(c1)C(O)c1cc(OCCCN(CC)CC)ccc1-2. The van der Waals surface area contributed by atoms with E-state index in [2.05, 4.69) is 49.6 Å². The summed E-state index contributed by atoms with van der Waals surface area (Å²) in [5.74, 6) is 1.64. The Morgan fingerprint density at radius 1 is 0.688 bits per heavy atom. The van der Waals surface area contributed by atoms with Crippen LogP contribution in [0, 0.1) is 0 Å². The van der Waals surface area contributed by atoms with E-state index in [0.717, 1.165) is 85.9 Å². The van der Waals surface area contributed by atoms with Gasteiger partial charge in [-0.1, -0.05) is 39.8 Å². The van der Waals surface area contributed by atoms with Crippen molar-refractivity contribution in [1.29, 1.82) is 0 Å². The summed E-state index contributed by atoms with van der Waals surface area (Å²) < 4.78 is 12.0. The molecule has 0 fully saturated rings. The second-order valence-electron chi connectivity index (χ2n) is 8.36. The molecular weight excluding hydrogens is 400 g/mol. The predicted molar refractivity (Wildman–Crippen MR) is 132 cm³/mol.